The van der Waals surface area contributed by atoms with Crippen LogP contribution in [0, 0.1) is 0 Å². The number of benzene rings is 1. The van der Waals surface area contributed by atoms with Crippen LogP contribution in [0.5, 0.6) is 0 Å². The first-order chi connectivity index (χ1) is 14.3. The van der Waals surface area contributed by atoms with Gasteiger partial charge in [-0.15, -0.1) is 0 Å². The van der Waals surface area contributed by atoms with Crippen LogP contribution in [0.3, 0.4) is 0 Å². The average molecular weight is 406 g/mol. The van der Waals surface area contributed by atoms with Crippen LogP contribution in [0.4, 0.5) is 0 Å². The van der Waals surface area contributed by atoms with Gasteiger partial charge in [-0.3, -0.25) is 4.99 Å². The van der Waals surface area contributed by atoms with E-state index in [9.17, 15) is 0 Å². The van der Waals surface area contributed by atoms with Crippen LogP contribution in [-0.4, -0.2) is 52.1 Å². The van der Waals surface area contributed by atoms with E-state index in [-0.39, 0.29) is 0 Å². The van der Waals surface area contributed by atoms with Gasteiger partial charge in [-0.25, -0.2) is 0 Å². The lowest BCUT2D eigenvalue weighted by atomic mass is 10.1. The first-order valence-corrected chi connectivity index (χ1v) is 11.1. The molecule has 6 nitrogen and oxygen atoms in total. The molecule has 0 amide bonds. The van der Waals surface area contributed by atoms with Crippen molar-refractivity contribution in [3.8, 4) is 0 Å². The van der Waals surface area contributed by atoms with Gasteiger partial charge < -0.3 is 24.8 Å². The number of guanidine groups is 1. The van der Waals surface area contributed by atoms with Gasteiger partial charge in [-0.05, 0) is 30.9 Å². The second-order valence-corrected chi connectivity index (χ2v) is 7.41. The van der Waals surface area contributed by atoms with Crippen LogP contribution in [0.1, 0.15) is 56.6 Å². The molecule has 0 bridgehead atoms. The number of rotatable bonds is 12. The highest BCUT2D eigenvalue weighted by Gasteiger charge is 2.12. The fourth-order valence-electron chi connectivity index (χ4n) is 3.49. The fourth-order valence-corrected chi connectivity index (χ4v) is 3.49. The maximum Gasteiger partial charge on any atom is 0.191 e. The summed E-state index contributed by atoms with van der Waals surface area (Å²) >= 11 is 0. The normalized spacial score (nSPS) is 15.9. The van der Waals surface area contributed by atoms with Crippen molar-refractivity contribution < 1.29 is 14.2 Å². The minimum atomic E-state index is 0.438. The Bertz CT molecular complexity index is 572. The van der Waals surface area contributed by atoms with Gasteiger partial charge in [-0.1, -0.05) is 49.9 Å². The smallest absolute Gasteiger partial charge is 0.191 e. The molecule has 29 heavy (non-hydrogen) atoms. The Morgan fingerprint density at radius 1 is 1.00 bits per heavy atom. The summed E-state index contributed by atoms with van der Waals surface area (Å²) in [6.07, 6.45) is 8.17. The standard InChI is InChI=1S/C23H39N3O3/c1-3-27-15-16-28-19-21-10-8-9-20(17-21)18-26-23(24-2)25-13-14-29-22-11-6-4-5-7-12-22/h8-10,17,22H,3-7,11-16,18-19H2,1-2H3,(H2,24,25,26). The van der Waals surface area contributed by atoms with E-state index in [2.05, 4.69) is 39.9 Å². The van der Waals surface area contributed by atoms with Gasteiger partial charge in [0.05, 0.1) is 32.5 Å². The first kappa shape index (κ1) is 23.6. The highest BCUT2D eigenvalue weighted by Crippen LogP contribution is 2.19. The second-order valence-electron chi connectivity index (χ2n) is 7.41. The van der Waals surface area contributed by atoms with Gasteiger partial charge in [-0.2, -0.15) is 0 Å². The van der Waals surface area contributed by atoms with Gasteiger partial charge in [0.15, 0.2) is 5.96 Å². The highest BCUT2D eigenvalue weighted by molar-refractivity contribution is 5.79. The van der Waals surface area contributed by atoms with E-state index in [0.29, 0.717) is 25.9 Å². The van der Waals surface area contributed by atoms with E-state index >= 15 is 0 Å². The molecule has 1 aromatic carbocycles. The Hall–Kier alpha value is -1.63. The summed E-state index contributed by atoms with van der Waals surface area (Å²) in [7, 11) is 1.80. The third-order valence-corrected chi connectivity index (χ3v) is 5.07. The molecule has 0 unspecified atom stereocenters. The van der Waals surface area contributed by atoms with E-state index in [1.807, 2.05) is 6.92 Å². The minimum absolute atomic E-state index is 0.438. The molecule has 0 radical (unpaired) electrons. The Kier molecular flexibility index (Phi) is 12.4. The third-order valence-electron chi connectivity index (χ3n) is 5.07. The SMILES string of the molecule is CCOCCOCc1cccc(CNC(=NC)NCCOC2CCCCCC2)c1. The quantitative estimate of drug-likeness (QED) is 0.241. The van der Waals surface area contributed by atoms with Crippen LogP contribution in [-0.2, 0) is 27.4 Å². The molecule has 0 atom stereocenters. The van der Waals surface area contributed by atoms with Crippen molar-refractivity contribution in [2.45, 2.75) is 64.7 Å². The van der Waals surface area contributed by atoms with E-state index in [0.717, 1.165) is 32.3 Å². The van der Waals surface area contributed by atoms with Gasteiger partial charge in [0, 0.05) is 26.7 Å². The summed E-state index contributed by atoms with van der Waals surface area (Å²) in [5.74, 6) is 0.799. The van der Waals surface area contributed by atoms with E-state index in [1.165, 1.54) is 49.7 Å². The third kappa shape index (κ3) is 10.6. The molecule has 0 saturated heterocycles. The predicted octanol–water partition coefficient (Wildman–Crippen LogP) is 3.64. The number of aliphatic imine (C=N–C) groups is 1. The topological polar surface area (TPSA) is 64.1 Å². The summed E-state index contributed by atoms with van der Waals surface area (Å²) in [6, 6.07) is 8.42. The lowest BCUT2D eigenvalue weighted by Crippen LogP contribution is -2.38. The zero-order valence-electron chi connectivity index (χ0n) is 18.3. The Morgan fingerprint density at radius 3 is 2.52 bits per heavy atom. The van der Waals surface area contributed by atoms with Crippen molar-refractivity contribution >= 4 is 5.96 Å². The maximum absolute atomic E-state index is 6.03. The molecule has 0 aromatic heterocycles. The minimum Gasteiger partial charge on any atom is -0.379 e. The number of nitrogens with one attached hydrogen (secondary N) is 2. The van der Waals surface area contributed by atoms with Gasteiger partial charge in [0.1, 0.15) is 0 Å². The van der Waals surface area contributed by atoms with Crippen molar-refractivity contribution in [1.82, 2.24) is 10.6 Å². The summed E-state index contributed by atoms with van der Waals surface area (Å²) in [5, 5.41) is 6.71. The first-order valence-electron chi connectivity index (χ1n) is 11.1. The zero-order valence-corrected chi connectivity index (χ0v) is 18.3. The summed E-state index contributed by atoms with van der Waals surface area (Å²) < 4.78 is 17.0. The van der Waals surface area contributed by atoms with Crippen LogP contribution < -0.4 is 10.6 Å². The molecule has 1 aromatic rings. The molecule has 1 fully saturated rings. The lowest BCUT2D eigenvalue weighted by molar-refractivity contribution is 0.0453. The van der Waals surface area contributed by atoms with E-state index in [4.69, 9.17) is 14.2 Å². The molecule has 1 aliphatic rings. The number of nitrogens with zero attached hydrogens (tertiary/aromatic N) is 1. The summed E-state index contributed by atoms with van der Waals surface area (Å²) in [5.41, 5.74) is 2.37. The molecule has 2 N–H and O–H groups in total. The Labute approximate surface area is 176 Å². The molecule has 0 spiro atoms. The van der Waals surface area contributed by atoms with Crippen molar-refractivity contribution in [3.63, 3.8) is 0 Å². The number of hydrogen-bond acceptors (Lipinski definition) is 4. The monoisotopic (exact) mass is 405 g/mol. The molecule has 1 aliphatic carbocycles. The average Bonchev–Trinajstić information content (AvgIpc) is 3.02. The summed E-state index contributed by atoms with van der Waals surface area (Å²) in [4.78, 5) is 4.30. The van der Waals surface area contributed by atoms with Crippen molar-refractivity contribution in [2.75, 3.05) is 40.0 Å². The van der Waals surface area contributed by atoms with Crippen LogP contribution in [0.2, 0.25) is 0 Å². The fraction of sp³-hybridized carbons (Fsp3) is 0.696. The molecule has 0 aliphatic heterocycles. The van der Waals surface area contributed by atoms with E-state index in [1.54, 1.807) is 7.05 Å². The predicted molar refractivity (Wildman–Crippen MR) is 118 cm³/mol. The highest BCUT2D eigenvalue weighted by atomic mass is 16.5. The van der Waals surface area contributed by atoms with Gasteiger partial charge >= 0.3 is 0 Å². The lowest BCUT2D eigenvalue weighted by Gasteiger charge is -2.17. The second kappa shape index (κ2) is 15.2. The zero-order chi connectivity index (χ0) is 20.6. The van der Waals surface area contributed by atoms with Crippen LogP contribution in [0.25, 0.3) is 0 Å². The molecule has 6 heteroatoms. The van der Waals surface area contributed by atoms with Crippen molar-refractivity contribution in [1.29, 1.82) is 0 Å². The largest absolute Gasteiger partial charge is 0.379 e. The Balaban J connectivity index is 1.63. The molecule has 2 rings (SSSR count). The summed E-state index contributed by atoms with van der Waals surface area (Å²) in [6.45, 7) is 6.79. The van der Waals surface area contributed by atoms with Crippen molar-refractivity contribution in [3.05, 3.63) is 35.4 Å². The molecular weight excluding hydrogens is 366 g/mol. The molecule has 164 valence electrons. The number of hydrogen-bond donors (Lipinski definition) is 2. The number of ether oxygens (including phenoxy) is 3. The maximum atomic E-state index is 6.03. The van der Waals surface area contributed by atoms with Crippen LogP contribution in [0.15, 0.2) is 29.3 Å². The van der Waals surface area contributed by atoms with Gasteiger partial charge in [0.25, 0.3) is 0 Å². The van der Waals surface area contributed by atoms with Crippen molar-refractivity contribution in [2.24, 2.45) is 4.99 Å². The molecular formula is C23H39N3O3. The molecule has 0 heterocycles. The van der Waals surface area contributed by atoms with Crippen LogP contribution >= 0.6 is 0 Å². The van der Waals surface area contributed by atoms with Gasteiger partial charge in [0.2, 0.25) is 0 Å². The van der Waals surface area contributed by atoms with E-state index < -0.39 is 0 Å². The Morgan fingerprint density at radius 2 is 1.76 bits per heavy atom. The molecule has 1 saturated carbocycles.